The molecule has 2 aliphatic rings. The van der Waals surface area contributed by atoms with Gasteiger partial charge in [0.25, 0.3) is 5.91 Å². The third-order valence-corrected chi connectivity index (χ3v) is 7.11. The lowest BCUT2D eigenvalue weighted by Crippen LogP contribution is -2.36. The van der Waals surface area contributed by atoms with Crippen molar-refractivity contribution in [2.75, 3.05) is 5.32 Å². The van der Waals surface area contributed by atoms with E-state index in [1.807, 2.05) is 0 Å². The van der Waals surface area contributed by atoms with Gasteiger partial charge in [0.1, 0.15) is 5.00 Å². The zero-order valence-electron chi connectivity index (χ0n) is 17.2. The minimum absolute atomic E-state index is 0.0383. The average molecular weight is 421 g/mol. The summed E-state index contributed by atoms with van der Waals surface area (Å²) in [6.45, 7) is 1.76. The number of aliphatic carboxylic acids is 1. The van der Waals surface area contributed by atoms with Crippen LogP contribution in [0.2, 0.25) is 0 Å². The molecular formula is C22H32N2O4S. The minimum atomic E-state index is -0.902. The lowest BCUT2D eigenvalue weighted by molar-refractivity contribution is -0.138. The fraction of sp³-hybridized carbons (Fsp3) is 0.682. The average Bonchev–Trinajstić information content (AvgIpc) is 2.82. The molecule has 160 valence electrons. The van der Waals surface area contributed by atoms with Crippen LogP contribution in [0.5, 0.6) is 0 Å². The number of carboxylic acid groups (broad SMARTS) is 1. The Kier molecular flexibility index (Phi) is 7.70. The molecule has 0 unspecified atom stereocenters. The largest absolute Gasteiger partial charge is 0.481 e. The summed E-state index contributed by atoms with van der Waals surface area (Å²) < 4.78 is 0. The van der Waals surface area contributed by atoms with E-state index in [9.17, 15) is 14.4 Å². The van der Waals surface area contributed by atoms with Crippen molar-refractivity contribution in [3.05, 3.63) is 16.0 Å². The maximum Gasteiger partial charge on any atom is 0.303 e. The zero-order valence-corrected chi connectivity index (χ0v) is 18.0. The van der Waals surface area contributed by atoms with Gasteiger partial charge >= 0.3 is 5.97 Å². The predicted molar refractivity (Wildman–Crippen MR) is 115 cm³/mol. The van der Waals surface area contributed by atoms with Gasteiger partial charge in [-0.3, -0.25) is 14.4 Å². The number of nitrogens with one attached hydrogen (secondary N) is 2. The summed E-state index contributed by atoms with van der Waals surface area (Å²) >= 11 is 1.53. The Morgan fingerprint density at radius 3 is 2.45 bits per heavy atom. The second-order valence-electron chi connectivity index (χ2n) is 8.53. The number of amides is 2. The Bertz CT molecular complexity index is 752. The van der Waals surface area contributed by atoms with E-state index >= 15 is 0 Å². The molecule has 1 aromatic heterocycles. The smallest absolute Gasteiger partial charge is 0.303 e. The Labute approximate surface area is 176 Å². The summed E-state index contributed by atoms with van der Waals surface area (Å²) in [4.78, 5) is 37.8. The van der Waals surface area contributed by atoms with E-state index < -0.39 is 5.97 Å². The molecule has 3 N–H and O–H groups in total. The summed E-state index contributed by atoms with van der Waals surface area (Å²) in [5.41, 5.74) is 1.76. The molecule has 2 aliphatic carbocycles. The van der Waals surface area contributed by atoms with Crippen LogP contribution in [0, 0.1) is 5.92 Å². The molecule has 0 aliphatic heterocycles. The lowest BCUT2D eigenvalue weighted by Gasteiger charge is -2.23. The summed E-state index contributed by atoms with van der Waals surface area (Å²) in [5, 5.41) is 15.7. The van der Waals surface area contributed by atoms with Gasteiger partial charge in [-0.25, -0.2) is 0 Å². The molecule has 29 heavy (non-hydrogen) atoms. The zero-order chi connectivity index (χ0) is 20.8. The molecule has 0 aromatic carbocycles. The topological polar surface area (TPSA) is 95.5 Å². The van der Waals surface area contributed by atoms with Gasteiger partial charge in [-0.2, -0.15) is 0 Å². The number of rotatable bonds is 7. The van der Waals surface area contributed by atoms with Gasteiger partial charge in [0.05, 0.1) is 5.56 Å². The highest BCUT2D eigenvalue weighted by atomic mass is 32.1. The van der Waals surface area contributed by atoms with Crippen LogP contribution in [0.4, 0.5) is 5.00 Å². The maximum absolute atomic E-state index is 13.2. The third-order valence-electron chi connectivity index (χ3n) is 5.90. The van der Waals surface area contributed by atoms with Crippen molar-refractivity contribution in [1.82, 2.24) is 5.32 Å². The number of carbonyl (C=O) groups excluding carboxylic acids is 2. The number of fused-ring (bicyclic) bond motifs is 1. The lowest BCUT2D eigenvalue weighted by atomic mass is 9.95. The Balaban J connectivity index is 1.77. The maximum atomic E-state index is 13.2. The molecule has 0 saturated heterocycles. The number of carboxylic acids is 1. The van der Waals surface area contributed by atoms with Gasteiger partial charge in [-0.1, -0.05) is 32.6 Å². The standard InChI is InChI=1S/C22H32N2O4S/c1-14(13-19(26)27)12-18(25)24-22-20(16-10-6-3-7-11-17(16)29-22)21(28)23-15-8-4-2-5-9-15/h14-15H,2-13H2,1H3,(H,23,28)(H,24,25)(H,26,27)/t14-/m0/s1. The van der Waals surface area contributed by atoms with Crippen LogP contribution in [-0.2, 0) is 22.4 Å². The van der Waals surface area contributed by atoms with Crippen LogP contribution in [0.1, 0.15) is 91.9 Å². The fourth-order valence-electron chi connectivity index (χ4n) is 4.44. The molecule has 7 heteroatoms. The van der Waals surface area contributed by atoms with Crippen molar-refractivity contribution >= 4 is 34.1 Å². The number of carbonyl (C=O) groups is 3. The SMILES string of the molecule is C[C@H](CC(=O)O)CC(=O)Nc1sc2c(c1C(=O)NC1CCCCC1)CCCCC2. The van der Waals surface area contributed by atoms with Crippen molar-refractivity contribution in [3.8, 4) is 0 Å². The van der Waals surface area contributed by atoms with Crippen LogP contribution in [-0.4, -0.2) is 28.9 Å². The highest BCUT2D eigenvalue weighted by Crippen LogP contribution is 2.38. The molecule has 1 saturated carbocycles. The first-order valence-corrected chi connectivity index (χ1v) is 11.7. The number of aryl methyl sites for hydroxylation is 1. The second-order valence-corrected chi connectivity index (χ2v) is 9.64. The molecule has 0 radical (unpaired) electrons. The molecule has 0 bridgehead atoms. The van der Waals surface area contributed by atoms with Crippen molar-refractivity contribution in [2.45, 2.75) is 90.0 Å². The first kappa shape index (κ1) is 21.8. The van der Waals surface area contributed by atoms with Gasteiger partial charge < -0.3 is 15.7 Å². The highest BCUT2D eigenvalue weighted by Gasteiger charge is 2.27. The summed E-state index contributed by atoms with van der Waals surface area (Å²) in [5.74, 6) is -1.43. The van der Waals surface area contributed by atoms with E-state index in [0.29, 0.717) is 10.6 Å². The molecule has 1 atom stereocenters. The molecule has 6 nitrogen and oxygen atoms in total. The van der Waals surface area contributed by atoms with Crippen LogP contribution in [0.3, 0.4) is 0 Å². The first-order valence-electron chi connectivity index (χ1n) is 10.9. The summed E-state index contributed by atoms with van der Waals surface area (Å²) in [6.07, 6.45) is 10.8. The second kappa shape index (κ2) is 10.2. The number of thiophene rings is 1. The van der Waals surface area contributed by atoms with Crippen molar-refractivity contribution in [2.24, 2.45) is 5.92 Å². The Morgan fingerprint density at radius 2 is 1.72 bits per heavy atom. The van der Waals surface area contributed by atoms with Crippen molar-refractivity contribution in [1.29, 1.82) is 0 Å². The Morgan fingerprint density at radius 1 is 1.03 bits per heavy atom. The van der Waals surface area contributed by atoms with Crippen molar-refractivity contribution in [3.63, 3.8) is 0 Å². The van der Waals surface area contributed by atoms with E-state index in [2.05, 4.69) is 10.6 Å². The van der Waals surface area contributed by atoms with E-state index in [0.717, 1.165) is 56.9 Å². The van der Waals surface area contributed by atoms with E-state index in [4.69, 9.17) is 5.11 Å². The molecule has 0 spiro atoms. The summed E-state index contributed by atoms with van der Waals surface area (Å²) in [6, 6.07) is 0.219. The fourth-order valence-corrected chi connectivity index (χ4v) is 5.74. The van der Waals surface area contributed by atoms with Crippen LogP contribution >= 0.6 is 11.3 Å². The number of hydrogen-bond donors (Lipinski definition) is 3. The van der Waals surface area contributed by atoms with Crippen LogP contribution < -0.4 is 10.6 Å². The van der Waals surface area contributed by atoms with E-state index in [1.165, 1.54) is 29.1 Å². The van der Waals surface area contributed by atoms with E-state index in [1.54, 1.807) is 6.92 Å². The third kappa shape index (κ3) is 6.04. The first-order chi connectivity index (χ1) is 13.9. The van der Waals surface area contributed by atoms with Gasteiger partial charge in [0.15, 0.2) is 0 Å². The molecule has 1 heterocycles. The van der Waals surface area contributed by atoms with Crippen molar-refractivity contribution < 1.29 is 19.5 Å². The molecule has 2 amide bonds. The Hall–Kier alpha value is -1.89. The van der Waals surface area contributed by atoms with Crippen LogP contribution in [0.15, 0.2) is 0 Å². The van der Waals surface area contributed by atoms with Crippen LogP contribution in [0.25, 0.3) is 0 Å². The van der Waals surface area contributed by atoms with Gasteiger partial charge in [0.2, 0.25) is 5.91 Å². The number of anilines is 1. The predicted octanol–water partition coefficient (Wildman–Crippen LogP) is 4.52. The normalized spacial score (nSPS) is 18.4. The van der Waals surface area contributed by atoms with E-state index in [-0.39, 0.29) is 36.6 Å². The quantitative estimate of drug-likeness (QED) is 0.565. The molecular weight excluding hydrogens is 388 g/mol. The molecule has 1 aromatic rings. The monoisotopic (exact) mass is 420 g/mol. The number of hydrogen-bond acceptors (Lipinski definition) is 4. The molecule has 3 rings (SSSR count). The molecule has 1 fully saturated rings. The highest BCUT2D eigenvalue weighted by molar-refractivity contribution is 7.17. The van der Waals surface area contributed by atoms with Gasteiger partial charge in [-0.05, 0) is 50.0 Å². The minimum Gasteiger partial charge on any atom is -0.481 e. The van der Waals surface area contributed by atoms with Gasteiger partial charge in [-0.15, -0.1) is 11.3 Å². The van der Waals surface area contributed by atoms with Gasteiger partial charge in [0, 0.05) is 23.8 Å². The summed E-state index contributed by atoms with van der Waals surface area (Å²) in [7, 11) is 0.